The lowest BCUT2D eigenvalue weighted by molar-refractivity contribution is -0.121. The zero-order valence-corrected chi connectivity index (χ0v) is 21.7. The molecule has 1 aliphatic carbocycles. The standard InChI is InChI=1S/C31H32N4O3/c1-2-22-30-21(18-32-22)28(29-24(33-30)12-8-14-26(29)36)19-9-7-10-20(17-19)38-31-34-23-11-3-4-13-25(23)35(31)27-15-5-6-16-37-27/h3-4,7,9-11,13,17-18,27-29,32H,2,5-6,8,12,14-16H2,1H3. The molecule has 38 heavy (non-hydrogen) atoms. The van der Waals surface area contributed by atoms with E-state index in [1.165, 1.54) is 0 Å². The second-order valence-corrected chi connectivity index (χ2v) is 10.6. The summed E-state index contributed by atoms with van der Waals surface area (Å²) in [5.41, 5.74) is 7.23. The van der Waals surface area contributed by atoms with Crippen molar-refractivity contribution in [1.29, 1.82) is 0 Å². The normalized spacial score (nSPS) is 23.1. The van der Waals surface area contributed by atoms with Gasteiger partial charge in [0.05, 0.1) is 22.6 Å². The van der Waals surface area contributed by atoms with E-state index in [1.807, 2.05) is 36.5 Å². The summed E-state index contributed by atoms with van der Waals surface area (Å²) in [6, 6.07) is 16.8. The number of carbonyl (C=O) groups is 1. The number of aliphatic imine (C=N–C) groups is 1. The van der Waals surface area contributed by atoms with Gasteiger partial charge in [-0.05, 0) is 68.4 Å². The first kappa shape index (κ1) is 23.4. The van der Waals surface area contributed by atoms with Crippen molar-refractivity contribution in [2.45, 2.75) is 64.0 Å². The van der Waals surface area contributed by atoms with Crippen LogP contribution in [0.5, 0.6) is 11.8 Å². The van der Waals surface area contributed by atoms with Gasteiger partial charge in [-0.2, -0.15) is 4.98 Å². The van der Waals surface area contributed by atoms with Crippen molar-refractivity contribution in [3.05, 3.63) is 71.5 Å². The number of para-hydroxylation sites is 2. The topological polar surface area (TPSA) is 81.5 Å². The third-order valence-electron chi connectivity index (χ3n) is 8.23. The summed E-state index contributed by atoms with van der Waals surface area (Å²) in [6.07, 6.45) is 8.33. The zero-order valence-electron chi connectivity index (χ0n) is 21.7. The van der Waals surface area contributed by atoms with Gasteiger partial charge in [-0.1, -0.05) is 31.2 Å². The number of imidazole rings is 1. The van der Waals surface area contributed by atoms with Gasteiger partial charge >= 0.3 is 6.01 Å². The zero-order chi connectivity index (χ0) is 25.6. The molecule has 7 heteroatoms. The smallest absolute Gasteiger partial charge is 0.305 e. The Balaban J connectivity index is 1.29. The highest BCUT2D eigenvalue weighted by molar-refractivity contribution is 6.10. The average Bonchev–Trinajstić information content (AvgIpc) is 3.53. The molecular formula is C31H32N4O3. The number of fused-ring (bicyclic) bond motifs is 3. The van der Waals surface area contributed by atoms with Gasteiger partial charge < -0.3 is 14.5 Å². The summed E-state index contributed by atoms with van der Waals surface area (Å²) in [7, 11) is 0. The Morgan fingerprint density at radius 3 is 2.87 bits per heavy atom. The molecule has 2 fully saturated rings. The van der Waals surface area contributed by atoms with Crippen LogP contribution in [-0.4, -0.2) is 32.6 Å². The van der Waals surface area contributed by atoms with E-state index in [-0.39, 0.29) is 23.8 Å². The molecule has 0 amide bonds. The number of aromatic nitrogens is 3. The van der Waals surface area contributed by atoms with E-state index in [2.05, 4.69) is 34.7 Å². The number of benzene rings is 2. The fourth-order valence-electron chi connectivity index (χ4n) is 6.43. The van der Waals surface area contributed by atoms with Crippen LogP contribution in [0.15, 0.2) is 59.7 Å². The van der Waals surface area contributed by atoms with Crippen molar-refractivity contribution in [2.24, 2.45) is 10.9 Å². The van der Waals surface area contributed by atoms with Crippen LogP contribution in [0.25, 0.3) is 11.0 Å². The summed E-state index contributed by atoms with van der Waals surface area (Å²) in [5.74, 6) is 0.695. The molecule has 7 nitrogen and oxygen atoms in total. The molecular weight excluding hydrogens is 476 g/mol. The molecule has 4 heterocycles. The van der Waals surface area contributed by atoms with Gasteiger partial charge in [0.25, 0.3) is 0 Å². The van der Waals surface area contributed by atoms with Crippen LogP contribution in [0.1, 0.15) is 74.4 Å². The summed E-state index contributed by atoms with van der Waals surface area (Å²) >= 11 is 0. The molecule has 0 radical (unpaired) electrons. The van der Waals surface area contributed by atoms with Gasteiger partial charge in [0.15, 0.2) is 0 Å². The van der Waals surface area contributed by atoms with Gasteiger partial charge in [0.1, 0.15) is 17.8 Å². The number of nitrogens with zero attached hydrogens (tertiary/aromatic N) is 3. The van der Waals surface area contributed by atoms with E-state index >= 15 is 0 Å². The Morgan fingerprint density at radius 2 is 2.00 bits per heavy atom. The number of rotatable bonds is 5. The lowest BCUT2D eigenvalue weighted by atomic mass is 9.70. The average molecular weight is 509 g/mol. The molecule has 1 saturated heterocycles. The van der Waals surface area contributed by atoms with Gasteiger partial charge in [0.2, 0.25) is 0 Å². The highest BCUT2D eigenvalue weighted by atomic mass is 16.5. The largest absolute Gasteiger partial charge is 0.425 e. The van der Waals surface area contributed by atoms with Crippen LogP contribution in [-0.2, 0) is 16.0 Å². The van der Waals surface area contributed by atoms with Crippen molar-refractivity contribution >= 4 is 28.2 Å². The quantitative estimate of drug-likeness (QED) is 0.314. The summed E-state index contributed by atoms with van der Waals surface area (Å²) in [4.78, 5) is 26.5. The molecule has 0 bridgehead atoms. The van der Waals surface area contributed by atoms with Gasteiger partial charge in [-0.15, -0.1) is 0 Å². The number of Topliss-reactive ketones (excluding diaryl/α,β-unsaturated/α-hetero) is 1. The van der Waals surface area contributed by atoms with Crippen LogP contribution in [0.4, 0.5) is 5.69 Å². The molecule has 194 valence electrons. The van der Waals surface area contributed by atoms with Gasteiger partial charge in [-0.25, -0.2) is 0 Å². The molecule has 1 saturated carbocycles. The van der Waals surface area contributed by atoms with Crippen LogP contribution >= 0.6 is 0 Å². The number of aromatic amines is 1. The number of aryl methyl sites for hydroxylation is 1. The Bertz CT molecular complexity index is 1540. The van der Waals surface area contributed by atoms with Gasteiger partial charge in [-0.3, -0.25) is 14.4 Å². The monoisotopic (exact) mass is 508 g/mol. The molecule has 7 rings (SSSR count). The van der Waals surface area contributed by atoms with Gasteiger partial charge in [0, 0.05) is 42.1 Å². The maximum Gasteiger partial charge on any atom is 0.305 e. The number of hydrogen-bond acceptors (Lipinski definition) is 5. The van der Waals surface area contributed by atoms with Crippen LogP contribution in [0.3, 0.4) is 0 Å². The molecule has 2 aromatic heterocycles. The Kier molecular flexibility index (Phi) is 5.88. The number of nitrogens with one attached hydrogen (secondary N) is 1. The minimum absolute atomic E-state index is 0.0779. The predicted octanol–water partition coefficient (Wildman–Crippen LogP) is 7.01. The maximum absolute atomic E-state index is 13.2. The lowest BCUT2D eigenvalue weighted by Gasteiger charge is -2.34. The first-order chi connectivity index (χ1) is 18.7. The van der Waals surface area contributed by atoms with Crippen molar-refractivity contribution in [3.63, 3.8) is 0 Å². The predicted molar refractivity (Wildman–Crippen MR) is 147 cm³/mol. The third-order valence-corrected chi connectivity index (χ3v) is 8.23. The third kappa shape index (κ3) is 3.88. The number of carbonyl (C=O) groups excluding carboxylic acids is 1. The van der Waals surface area contributed by atoms with E-state index < -0.39 is 0 Å². The molecule has 3 atom stereocenters. The molecule has 3 aliphatic rings. The first-order valence-electron chi connectivity index (χ1n) is 13.9. The summed E-state index contributed by atoms with van der Waals surface area (Å²) in [6.45, 7) is 2.88. The van der Waals surface area contributed by atoms with E-state index in [4.69, 9.17) is 19.5 Å². The number of ether oxygens (including phenoxy) is 2. The number of hydrogen-bond donors (Lipinski definition) is 1. The van der Waals surface area contributed by atoms with Crippen LogP contribution in [0.2, 0.25) is 0 Å². The summed E-state index contributed by atoms with van der Waals surface area (Å²) < 4.78 is 14.7. The number of H-pyrrole nitrogens is 1. The van der Waals surface area contributed by atoms with Crippen molar-refractivity contribution in [1.82, 2.24) is 14.5 Å². The fraction of sp³-hybridized carbons (Fsp3) is 0.387. The van der Waals surface area contributed by atoms with Crippen molar-refractivity contribution < 1.29 is 14.3 Å². The maximum atomic E-state index is 13.2. The highest BCUT2D eigenvalue weighted by Crippen LogP contribution is 2.47. The van der Waals surface area contributed by atoms with E-state index in [9.17, 15) is 4.79 Å². The van der Waals surface area contributed by atoms with E-state index in [0.29, 0.717) is 18.2 Å². The van der Waals surface area contributed by atoms with E-state index in [0.717, 1.165) is 84.4 Å². The Labute approximate surface area is 221 Å². The molecule has 2 aliphatic heterocycles. The highest BCUT2D eigenvalue weighted by Gasteiger charge is 2.41. The number of ketones is 1. The second kappa shape index (κ2) is 9.55. The summed E-state index contributed by atoms with van der Waals surface area (Å²) in [5, 5.41) is 0. The molecule has 2 aromatic carbocycles. The SMILES string of the molecule is CCc1[nH]cc2c1N=C1CCCC(=O)C1C2c1cccc(Oc2nc3ccccc3n2C2CCCCO2)c1. The minimum Gasteiger partial charge on any atom is -0.425 e. The lowest BCUT2D eigenvalue weighted by Crippen LogP contribution is -2.36. The van der Waals surface area contributed by atoms with E-state index in [1.54, 1.807) is 0 Å². The Morgan fingerprint density at radius 1 is 1.08 bits per heavy atom. The second-order valence-electron chi connectivity index (χ2n) is 10.6. The molecule has 1 N–H and O–H groups in total. The first-order valence-corrected chi connectivity index (χ1v) is 13.9. The van der Waals surface area contributed by atoms with Crippen molar-refractivity contribution in [2.75, 3.05) is 6.61 Å². The van der Waals surface area contributed by atoms with Crippen LogP contribution in [0, 0.1) is 5.92 Å². The fourth-order valence-corrected chi connectivity index (χ4v) is 6.43. The molecule has 4 aromatic rings. The van der Waals surface area contributed by atoms with Crippen LogP contribution < -0.4 is 4.74 Å². The molecule has 3 unspecified atom stereocenters. The molecule has 0 spiro atoms. The Hall–Kier alpha value is -3.71. The van der Waals surface area contributed by atoms with Crippen molar-refractivity contribution in [3.8, 4) is 11.8 Å². The minimum atomic E-state index is -0.216.